The Hall–Kier alpha value is -0.160. The normalized spacial score (nSPS) is 30.0. The third-order valence-electron chi connectivity index (χ3n) is 2.87. The molecule has 0 saturated carbocycles. The molecule has 0 aromatic carbocycles. The highest BCUT2D eigenvalue weighted by Gasteiger charge is 2.42. The fourth-order valence-corrected chi connectivity index (χ4v) is 1.31. The van der Waals surface area contributed by atoms with Crippen LogP contribution in [-0.2, 0) is 0 Å². The van der Waals surface area contributed by atoms with Crippen molar-refractivity contribution in [2.75, 3.05) is 28.2 Å². The van der Waals surface area contributed by atoms with E-state index in [0.29, 0.717) is 0 Å². The summed E-state index contributed by atoms with van der Waals surface area (Å²) in [4.78, 5) is 0. The molecule has 0 aromatic heterocycles. The topological polar surface area (TPSA) is 13.0 Å². The van der Waals surface area contributed by atoms with Gasteiger partial charge in [-0.25, -0.2) is 10.0 Å². The van der Waals surface area contributed by atoms with E-state index in [1.54, 1.807) is 0 Å². The van der Waals surface area contributed by atoms with E-state index in [9.17, 15) is 0 Å². The molecule has 4 nitrogen and oxygen atoms in total. The molecule has 1 heterocycles. The largest absolute Gasteiger partial charge is 0.209 e. The second-order valence-corrected chi connectivity index (χ2v) is 3.52. The maximum atomic E-state index is 2.19. The van der Waals surface area contributed by atoms with Gasteiger partial charge in [-0.1, -0.05) is 0 Å². The van der Waals surface area contributed by atoms with Crippen molar-refractivity contribution in [1.82, 2.24) is 20.3 Å². The van der Waals surface area contributed by atoms with Gasteiger partial charge in [-0.3, -0.25) is 0 Å². The van der Waals surface area contributed by atoms with Crippen LogP contribution in [-0.4, -0.2) is 54.1 Å². The number of nitrogens with zero attached hydrogens (tertiary/aromatic N) is 4. The van der Waals surface area contributed by atoms with Gasteiger partial charge in [-0.15, -0.1) is 0 Å². The lowest BCUT2D eigenvalue weighted by atomic mass is 10.2. The Morgan fingerprint density at radius 1 is 0.727 bits per heavy atom. The van der Waals surface area contributed by atoms with Crippen LogP contribution in [0.25, 0.3) is 0 Å². The molecule has 1 rings (SSSR count). The first-order chi connectivity index (χ1) is 4.89. The molecule has 1 aliphatic heterocycles. The van der Waals surface area contributed by atoms with Gasteiger partial charge in [0.1, 0.15) is 0 Å². The Kier molecular flexibility index (Phi) is 1.96. The SMILES string of the molecule is CN1N(C)N(C)C(C)(C)N1C. The molecule has 0 atom stereocenters. The molecule has 0 N–H and O–H groups in total. The van der Waals surface area contributed by atoms with Gasteiger partial charge in [0, 0.05) is 28.2 Å². The van der Waals surface area contributed by atoms with Crippen LogP contribution in [0.3, 0.4) is 0 Å². The molecule has 0 aliphatic carbocycles. The molecule has 1 aliphatic rings. The minimum atomic E-state index is 0.0729. The first-order valence-electron chi connectivity index (χ1n) is 3.84. The monoisotopic (exact) mass is 158 g/mol. The number of hydrazine groups is 3. The lowest BCUT2D eigenvalue weighted by Crippen LogP contribution is -2.47. The summed E-state index contributed by atoms with van der Waals surface area (Å²) in [5, 5.41) is 8.54. The average Bonchev–Trinajstić information content (AvgIpc) is 2.06. The summed E-state index contributed by atoms with van der Waals surface area (Å²) >= 11 is 0. The van der Waals surface area contributed by atoms with Gasteiger partial charge in [0.2, 0.25) is 0 Å². The van der Waals surface area contributed by atoms with Crippen LogP contribution in [0.4, 0.5) is 0 Å². The van der Waals surface area contributed by atoms with Gasteiger partial charge in [0.05, 0.1) is 5.66 Å². The van der Waals surface area contributed by atoms with Crippen LogP contribution in [0.5, 0.6) is 0 Å². The average molecular weight is 158 g/mol. The summed E-state index contributed by atoms with van der Waals surface area (Å²) in [6.07, 6.45) is 0. The third kappa shape index (κ3) is 1.06. The van der Waals surface area contributed by atoms with E-state index in [1.165, 1.54) is 0 Å². The smallest absolute Gasteiger partial charge is 0.0968 e. The van der Waals surface area contributed by atoms with Crippen molar-refractivity contribution >= 4 is 0 Å². The zero-order valence-electron chi connectivity index (χ0n) is 8.29. The van der Waals surface area contributed by atoms with E-state index in [-0.39, 0.29) is 5.66 Å². The predicted molar refractivity (Wildman–Crippen MR) is 45.1 cm³/mol. The maximum absolute atomic E-state index is 2.19. The molecule has 0 unspecified atom stereocenters. The van der Waals surface area contributed by atoms with E-state index >= 15 is 0 Å². The van der Waals surface area contributed by atoms with Gasteiger partial charge in [-0.05, 0) is 13.8 Å². The molecule has 1 saturated heterocycles. The summed E-state index contributed by atoms with van der Waals surface area (Å²) in [5.41, 5.74) is 0.0729. The number of hydrogen-bond donors (Lipinski definition) is 0. The van der Waals surface area contributed by atoms with Crippen LogP contribution in [0.2, 0.25) is 0 Å². The lowest BCUT2D eigenvalue weighted by molar-refractivity contribution is -0.125. The third-order valence-corrected chi connectivity index (χ3v) is 2.87. The molecule has 0 amide bonds. The molecule has 11 heavy (non-hydrogen) atoms. The van der Waals surface area contributed by atoms with Crippen molar-refractivity contribution in [3.63, 3.8) is 0 Å². The molecular formula is C7H18N4. The van der Waals surface area contributed by atoms with Crippen molar-refractivity contribution < 1.29 is 0 Å². The first-order valence-corrected chi connectivity index (χ1v) is 3.84. The van der Waals surface area contributed by atoms with Crippen molar-refractivity contribution in [3.8, 4) is 0 Å². The summed E-state index contributed by atoms with van der Waals surface area (Å²) in [6.45, 7) is 4.38. The van der Waals surface area contributed by atoms with Crippen LogP contribution >= 0.6 is 0 Å². The maximum Gasteiger partial charge on any atom is 0.0968 e. The first kappa shape index (κ1) is 8.93. The van der Waals surface area contributed by atoms with Gasteiger partial charge in [-0.2, -0.15) is 10.2 Å². The number of hydrogen-bond acceptors (Lipinski definition) is 4. The van der Waals surface area contributed by atoms with Gasteiger partial charge in [0.15, 0.2) is 0 Å². The molecule has 0 radical (unpaired) electrons. The van der Waals surface area contributed by atoms with Gasteiger partial charge >= 0.3 is 0 Å². The van der Waals surface area contributed by atoms with Gasteiger partial charge in [0.25, 0.3) is 0 Å². The number of rotatable bonds is 0. The van der Waals surface area contributed by atoms with E-state index in [1.807, 2.05) is 14.1 Å². The Labute approximate surface area is 68.9 Å². The molecule has 0 bridgehead atoms. The predicted octanol–water partition coefficient (Wildman–Crippen LogP) is 0.208. The summed E-state index contributed by atoms with van der Waals surface area (Å²) in [7, 11) is 8.26. The fraction of sp³-hybridized carbons (Fsp3) is 1.00. The Balaban J connectivity index is 2.87. The summed E-state index contributed by atoms with van der Waals surface area (Å²) in [6, 6.07) is 0. The highest BCUT2D eigenvalue weighted by atomic mass is 16.1. The van der Waals surface area contributed by atoms with Crippen molar-refractivity contribution in [1.29, 1.82) is 0 Å². The van der Waals surface area contributed by atoms with E-state index in [0.717, 1.165) is 0 Å². The highest BCUT2D eigenvalue weighted by molar-refractivity contribution is 4.77. The quantitative estimate of drug-likeness (QED) is 0.499. The fourth-order valence-electron chi connectivity index (χ4n) is 1.31. The lowest BCUT2D eigenvalue weighted by Gasteiger charge is -2.31. The standard InChI is InChI=1S/C7H18N4/c1-7(2)8(3)10(5)11(6)9(7)4/h1-6H3. The van der Waals surface area contributed by atoms with Crippen LogP contribution in [0, 0.1) is 0 Å². The highest BCUT2D eigenvalue weighted by Crippen LogP contribution is 2.26. The molecule has 66 valence electrons. The Morgan fingerprint density at radius 3 is 1.09 bits per heavy atom. The van der Waals surface area contributed by atoms with Crippen LogP contribution < -0.4 is 0 Å². The zero-order valence-corrected chi connectivity index (χ0v) is 8.29. The van der Waals surface area contributed by atoms with Crippen molar-refractivity contribution in [2.45, 2.75) is 19.5 Å². The van der Waals surface area contributed by atoms with Crippen molar-refractivity contribution in [3.05, 3.63) is 0 Å². The van der Waals surface area contributed by atoms with E-state index in [4.69, 9.17) is 0 Å². The zero-order chi connectivity index (χ0) is 8.81. The van der Waals surface area contributed by atoms with E-state index in [2.05, 4.69) is 48.2 Å². The minimum Gasteiger partial charge on any atom is -0.209 e. The Morgan fingerprint density at radius 2 is 1.00 bits per heavy atom. The van der Waals surface area contributed by atoms with Crippen molar-refractivity contribution in [2.24, 2.45) is 0 Å². The van der Waals surface area contributed by atoms with E-state index < -0.39 is 0 Å². The van der Waals surface area contributed by atoms with Crippen LogP contribution in [0.1, 0.15) is 13.8 Å². The summed E-state index contributed by atoms with van der Waals surface area (Å²) in [5.74, 6) is 0. The molecular weight excluding hydrogens is 140 g/mol. The molecule has 0 spiro atoms. The molecule has 1 fully saturated rings. The second-order valence-electron chi connectivity index (χ2n) is 3.52. The Bertz CT molecular complexity index is 141. The second kappa shape index (κ2) is 2.42. The van der Waals surface area contributed by atoms with Gasteiger partial charge < -0.3 is 0 Å². The molecule has 0 aromatic rings. The minimum absolute atomic E-state index is 0.0729. The van der Waals surface area contributed by atoms with Crippen LogP contribution in [0.15, 0.2) is 0 Å². The summed E-state index contributed by atoms with van der Waals surface area (Å²) < 4.78 is 0. The molecule has 4 heteroatoms.